The Kier molecular flexibility index (Phi) is 6.40. The van der Waals surface area contributed by atoms with Gasteiger partial charge in [0.2, 0.25) is 0 Å². The van der Waals surface area contributed by atoms with E-state index in [4.69, 9.17) is 14.2 Å². The molecule has 1 aromatic carbocycles. The summed E-state index contributed by atoms with van der Waals surface area (Å²) in [5, 5.41) is 46.7. The molecule has 9 atom stereocenters. The molecule has 0 radical (unpaired) electrons. The van der Waals surface area contributed by atoms with Crippen LogP contribution in [0, 0.1) is 16.7 Å². The number of carbonyl (C=O) groups excluding carboxylic acids is 3. The third kappa shape index (κ3) is 3.62. The number of hydrogen-bond donors (Lipinski definition) is 4. The molecule has 1 aliphatic heterocycles. The number of carbonyl (C=O) groups is 3. The zero-order valence-electron chi connectivity index (χ0n) is 22.7. The van der Waals surface area contributed by atoms with Crippen LogP contribution in [0.3, 0.4) is 0 Å². The first kappa shape index (κ1) is 27.9. The molecule has 1 aromatic rings. The molecular formula is C29H36O10. The molecule has 39 heavy (non-hydrogen) atoms. The van der Waals surface area contributed by atoms with Gasteiger partial charge in [-0.25, -0.2) is 4.79 Å². The number of Topliss-reactive ketones (excluding diaryl/α,β-unsaturated/α-hetero) is 1. The van der Waals surface area contributed by atoms with Gasteiger partial charge in [-0.2, -0.15) is 0 Å². The zero-order chi connectivity index (χ0) is 28.7. The van der Waals surface area contributed by atoms with Crippen molar-refractivity contribution in [1.82, 2.24) is 0 Å². The highest BCUT2D eigenvalue weighted by Crippen LogP contribution is 2.63. The van der Waals surface area contributed by atoms with Crippen molar-refractivity contribution in [2.75, 3.05) is 6.61 Å². The van der Waals surface area contributed by atoms with E-state index in [0.717, 1.165) is 0 Å². The Morgan fingerprint density at radius 1 is 1.08 bits per heavy atom. The normalized spacial score (nSPS) is 42.7. The van der Waals surface area contributed by atoms with Crippen LogP contribution in [0.4, 0.5) is 0 Å². The highest BCUT2D eigenvalue weighted by Gasteiger charge is 2.77. The largest absolute Gasteiger partial charge is 0.455 e. The summed E-state index contributed by atoms with van der Waals surface area (Å²) in [5.74, 6) is -3.60. The van der Waals surface area contributed by atoms with Crippen LogP contribution in [0.15, 0.2) is 41.5 Å². The predicted molar refractivity (Wildman–Crippen MR) is 135 cm³/mol. The van der Waals surface area contributed by atoms with E-state index < -0.39 is 76.2 Å². The maximum atomic E-state index is 14.3. The molecule has 5 rings (SSSR count). The Morgan fingerprint density at radius 2 is 1.72 bits per heavy atom. The zero-order valence-corrected chi connectivity index (χ0v) is 22.7. The second-order valence-electron chi connectivity index (χ2n) is 12.2. The minimum Gasteiger partial charge on any atom is -0.455 e. The molecular weight excluding hydrogens is 508 g/mol. The average molecular weight is 545 g/mol. The third-order valence-electron chi connectivity index (χ3n) is 9.95. The fourth-order valence-corrected chi connectivity index (χ4v) is 7.66. The van der Waals surface area contributed by atoms with E-state index >= 15 is 0 Å². The quantitative estimate of drug-likeness (QED) is 0.320. The van der Waals surface area contributed by atoms with Crippen molar-refractivity contribution in [1.29, 1.82) is 0 Å². The Bertz CT molecular complexity index is 1240. The monoisotopic (exact) mass is 544 g/mol. The van der Waals surface area contributed by atoms with E-state index in [-0.39, 0.29) is 30.6 Å². The van der Waals surface area contributed by atoms with Gasteiger partial charge in [0.25, 0.3) is 0 Å². The van der Waals surface area contributed by atoms with Gasteiger partial charge in [-0.15, -0.1) is 0 Å². The topological polar surface area (TPSA) is 160 Å². The van der Waals surface area contributed by atoms with E-state index in [1.807, 2.05) is 0 Å². The van der Waals surface area contributed by atoms with Crippen molar-refractivity contribution in [3.63, 3.8) is 0 Å². The number of aliphatic hydroxyl groups excluding tert-OH is 3. The van der Waals surface area contributed by atoms with Crippen molar-refractivity contribution in [2.24, 2.45) is 16.7 Å². The van der Waals surface area contributed by atoms with Gasteiger partial charge < -0.3 is 34.6 Å². The molecule has 0 spiro atoms. The maximum absolute atomic E-state index is 14.3. The van der Waals surface area contributed by atoms with Crippen molar-refractivity contribution in [3.8, 4) is 0 Å². The fourth-order valence-electron chi connectivity index (χ4n) is 7.66. The van der Waals surface area contributed by atoms with E-state index in [1.54, 1.807) is 39.0 Å². The van der Waals surface area contributed by atoms with Crippen LogP contribution < -0.4 is 0 Å². The third-order valence-corrected chi connectivity index (χ3v) is 9.95. The first-order chi connectivity index (χ1) is 18.1. The molecule has 212 valence electrons. The molecule has 4 N–H and O–H groups in total. The number of benzene rings is 1. The SMILES string of the molecule is CC(=O)O[C@@]12CO[C@@H]1CC(O)[C@@]1(C)C(=O)[C@H](O)C3=C(C)C(O)C[C@@](O)([C@@H](OC(=O)c4ccccc4)[C@H]21)C3(C)C. The first-order valence-electron chi connectivity index (χ1n) is 13.2. The summed E-state index contributed by atoms with van der Waals surface area (Å²) in [7, 11) is 0. The summed E-state index contributed by atoms with van der Waals surface area (Å²) in [5.41, 5.74) is -6.24. The van der Waals surface area contributed by atoms with Gasteiger partial charge in [-0.05, 0) is 37.1 Å². The van der Waals surface area contributed by atoms with Crippen LogP contribution in [-0.4, -0.2) is 86.5 Å². The number of fused-ring (bicyclic) bond motifs is 5. The lowest BCUT2D eigenvalue weighted by atomic mass is 9.44. The number of hydrogen-bond acceptors (Lipinski definition) is 10. The number of rotatable bonds is 3. The van der Waals surface area contributed by atoms with Gasteiger partial charge in [-0.3, -0.25) is 9.59 Å². The highest BCUT2D eigenvalue weighted by molar-refractivity contribution is 5.94. The summed E-state index contributed by atoms with van der Waals surface area (Å²) in [4.78, 5) is 40.3. The Morgan fingerprint density at radius 3 is 2.28 bits per heavy atom. The highest BCUT2D eigenvalue weighted by atomic mass is 16.6. The predicted octanol–water partition coefficient (Wildman–Crippen LogP) is 1.08. The number of esters is 2. The molecule has 2 saturated carbocycles. The van der Waals surface area contributed by atoms with Crippen LogP contribution >= 0.6 is 0 Å². The van der Waals surface area contributed by atoms with Crippen LogP contribution in [0.5, 0.6) is 0 Å². The van der Waals surface area contributed by atoms with E-state index in [9.17, 15) is 34.8 Å². The van der Waals surface area contributed by atoms with Crippen LogP contribution in [0.25, 0.3) is 0 Å². The molecule has 2 unspecified atom stereocenters. The van der Waals surface area contributed by atoms with Crippen molar-refractivity contribution in [2.45, 2.75) is 89.2 Å². The van der Waals surface area contributed by atoms with Gasteiger partial charge in [0.15, 0.2) is 11.4 Å². The summed E-state index contributed by atoms with van der Waals surface area (Å²) >= 11 is 0. The smallest absolute Gasteiger partial charge is 0.338 e. The Labute approximate surface area is 226 Å². The van der Waals surface area contributed by atoms with E-state index in [2.05, 4.69) is 0 Å². The Balaban J connectivity index is 1.81. The van der Waals surface area contributed by atoms with Gasteiger partial charge in [0.05, 0.1) is 35.7 Å². The first-order valence-corrected chi connectivity index (χ1v) is 13.2. The molecule has 2 bridgehead atoms. The van der Waals surface area contributed by atoms with E-state index in [0.29, 0.717) is 5.57 Å². The number of ketones is 1. The average Bonchev–Trinajstić information content (AvgIpc) is 2.87. The summed E-state index contributed by atoms with van der Waals surface area (Å²) in [6.07, 6.45) is -7.26. The van der Waals surface area contributed by atoms with Crippen molar-refractivity contribution in [3.05, 3.63) is 47.0 Å². The molecule has 1 heterocycles. The van der Waals surface area contributed by atoms with Gasteiger partial charge in [0, 0.05) is 25.2 Å². The van der Waals surface area contributed by atoms with Crippen molar-refractivity contribution >= 4 is 17.7 Å². The molecule has 0 amide bonds. The van der Waals surface area contributed by atoms with Gasteiger partial charge in [0.1, 0.15) is 23.9 Å². The molecule has 10 heteroatoms. The molecule has 3 aliphatic carbocycles. The van der Waals surface area contributed by atoms with E-state index in [1.165, 1.54) is 26.0 Å². The van der Waals surface area contributed by atoms with Gasteiger partial charge >= 0.3 is 11.9 Å². The fraction of sp³-hybridized carbons (Fsp3) is 0.621. The van der Waals surface area contributed by atoms with Crippen LogP contribution in [-0.2, 0) is 23.8 Å². The molecule has 1 saturated heterocycles. The second kappa shape index (κ2) is 8.94. The number of ether oxygens (including phenoxy) is 3. The summed E-state index contributed by atoms with van der Waals surface area (Å²) < 4.78 is 17.7. The molecule has 3 fully saturated rings. The lowest BCUT2D eigenvalue weighted by Crippen LogP contribution is -2.81. The minimum atomic E-state index is -2.07. The second-order valence-corrected chi connectivity index (χ2v) is 12.2. The lowest BCUT2D eigenvalue weighted by molar-refractivity contribution is -0.345. The Hall–Kier alpha value is -2.63. The van der Waals surface area contributed by atoms with Crippen molar-refractivity contribution < 1.29 is 49.0 Å². The van der Waals surface area contributed by atoms with Crippen LogP contribution in [0.1, 0.15) is 57.8 Å². The van der Waals surface area contributed by atoms with Gasteiger partial charge in [-0.1, -0.05) is 32.0 Å². The molecule has 0 aromatic heterocycles. The molecule has 10 nitrogen and oxygen atoms in total. The van der Waals surface area contributed by atoms with Crippen LogP contribution in [0.2, 0.25) is 0 Å². The summed E-state index contributed by atoms with van der Waals surface area (Å²) in [6, 6.07) is 8.08. The molecule has 4 aliphatic rings. The standard InChI is InChI=1S/C29H36O10/c1-14-17(31)12-29(36)24(38-25(35)16-9-7-6-8-10-16)22-27(5,23(34)21(33)20(14)26(29,3)4)18(32)11-19-28(22,13-37-19)39-15(2)30/h6-10,17-19,21-22,24,31-33,36H,11-13H2,1-5H3/t17?,18?,19-,21-,22+,24+,27-,28+,29-/m1/s1. The maximum Gasteiger partial charge on any atom is 0.338 e. The number of aliphatic hydroxyl groups is 4. The minimum absolute atomic E-state index is 0.0828. The lowest BCUT2D eigenvalue weighted by Gasteiger charge is -2.67. The summed E-state index contributed by atoms with van der Waals surface area (Å²) in [6.45, 7) is 7.29.